The van der Waals surface area contributed by atoms with Gasteiger partial charge in [0.1, 0.15) is 0 Å². The number of hydrogen-bond donors (Lipinski definition) is 0. The molecule has 0 bridgehead atoms. The van der Waals surface area contributed by atoms with Gasteiger partial charge in [-0.25, -0.2) is 4.85 Å². The van der Waals surface area contributed by atoms with E-state index in [-0.39, 0.29) is 22.1 Å². The van der Waals surface area contributed by atoms with Gasteiger partial charge in [-0.2, -0.15) is 0 Å². The largest absolute Gasteiger partial charge is 0.420 e. The topological polar surface area (TPSA) is 61.7 Å². The third kappa shape index (κ3) is 7.80. The van der Waals surface area contributed by atoms with Crippen molar-refractivity contribution in [3.05, 3.63) is 75.4 Å². The van der Waals surface area contributed by atoms with Crippen LogP contribution in [0.5, 0.6) is 0 Å². The first-order chi connectivity index (χ1) is 19.3. The molecule has 0 aliphatic carbocycles. The molecule has 0 aliphatic rings. The lowest BCUT2D eigenvalue weighted by Crippen LogP contribution is -2.44. The Morgan fingerprint density at radius 2 is 1.52 bits per heavy atom. The van der Waals surface area contributed by atoms with Crippen molar-refractivity contribution < 1.29 is 13.3 Å². The van der Waals surface area contributed by atoms with Crippen LogP contribution in [0, 0.1) is 13.5 Å². The molecule has 6 nitrogen and oxygen atoms in total. The van der Waals surface area contributed by atoms with Gasteiger partial charge in [0.2, 0.25) is 17.5 Å². The summed E-state index contributed by atoms with van der Waals surface area (Å²) in [6, 6.07) is 11.9. The number of benzene rings is 2. The zero-order chi connectivity index (χ0) is 31.7. The van der Waals surface area contributed by atoms with Crippen LogP contribution in [0.15, 0.2) is 40.8 Å². The van der Waals surface area contributed by atoms with Crippen molar-refractivity contribution in [2.45, 2.75) is 117 Å². The highest BCUT2D eigenvalue weighted by atomic mass is 35.5. The van der Waals surface area contributed by atoms with E-state index in [1.807, 2.05) is 25.1 Å². The van der Waals surface area contributed by atoms with Crippen LogP contribution >= 0.6 is 11.6 Å². The molecule has 0 spiro atoms. The van der Waals surface area contributed by atoms with Crippen molar-refractivity contribution in [2.24, 2.45) is 0 Å². The monoisotopic (exact) mass is 625 g/mol. The third-order valence-corrected chi connectivity index (χ3v) is 18.8. The Kier molecular flexibility index (Phi) is 10.4. The molecule has 0 saturated carbocycles. The maximum Gasteiger partial charge on any atom is 0.247 e. The molecule has 3 rings (SSSR count). The fraction of sp³-hybridized carbons (Fsp3) is 0.545. The number of halogens is 1. The van der Waals surface area contributed by atoms with Crippen molar-refractivity contribution >= 4 is 33.9 Å². The summed E-state index contributed by atoms with van der Waals surface area (Å²) in [5, 5.41) is 9.67. The molecule has 9 heteroatoms. The molecule has 1 aromatic heterocycles. The van der Waals surface area contributed by atoms with E-state index in [9.17, 15) is 0 Å². The molecule has 3 aromatic rings. The summed E-state index contributed by atoms with van der Waals surface area (Å²) in [6.45, 7) is 34.5. The summed E-state index contributed by atoms with van der Waals surface area (Å²) in [6.07, 6.45) is 0.429. The summed E-state index contributed by atoms with van der Waals surface area (Å²) in [5.74, 6) is 0.821. The zero-order valence-corrected chi connectivity index (χ0v) is 30.2. The van der Waals surface area contributed by atoms with E-state index in [1.165, 1.54) is 0 Å². The molecule has 1 heterocycles. The van der Waals surface area contributed by atoms with Crippen LogP contribution in [-0.4, -0.2) is 32.9 Å². The van der Waals surface area contributed by atoms with Crippen LogP contribution < -0.4 is 0 Å². The van der Waals surface area contributed by atoms with Crippen LogP contribution in [0.25, 0.3) is 16.3 Å². The highest BCUT2D eigenvalue weighted by Crippen LogP contribution is 2.41. The first-order valence-electron chi connectivity index (χ1n) is 14.7. The number of hydrogen-bond acceptors (Lipinski definition) is 5. The molecule has 42 heavy (non-hydrogen) atoms. The van der Waals surface area contributed by atoms with Gasteiger partial charge in [-0.1, -0.05) is 77.4 Å². The second-order valence-electron chi connectivity index (χ2n) is 14.4. The Bertz CT molecular complexity index is 1410. The molecule has 0 amide bonds. The fourth-order valence-electron chi connectivity index (χ4n) is 4.16. The summed E-state index contributed by atoms with van der Waals surface area (Å²) in [5.41, 5.74) is 4.37. The number of nitrogens with zero attached hydrogens (tertiary/aromatic N) is 3. The maximum absolute atomic E-state index is 7.41. The molecule has 0 fully saturated rings. The van der Waals surface area contributed by atoms with Crippen molar-refractivity contribution in [1.29, 1.82) is 0 Å². The Morgan fingerprint density at radius 1 is 0.929 bits per heavy atom. The number of aromatic nitrogens is 2. The summed E-state index contributed by atoms with van der Waals surface area (Å²) in [7, 11) is -3.91. The van der Waals surface area contributed by atoms with Gasteiger partial charge in [-0.15, -0.1) is 10.2 Å². The summed E-state index contributed by atoms with van der Waals surface area (Å²) in [4.78, 5) is 3.55. The molecule has 0 radical (unpaired) electrons. The quantitative estimate of drug-likeness (QED) is 0.166. The number of rotatable bonds is 10. The molecule has 0 aliphatic heterocycles. The van der Waals surface area contributed by atoms with E-state index >= 15 is 0 Å². The van der Waals surface area contributed by atoms with E-state index in [1.54, 1.807) is 6.07 Å². The smallest absolute Gasteiger partial charge is 0.247 e. The lowest BCUT2D eigenvalue weighted by atomic mass is 9.92. The van der Waals surface area contributed by atoms with Gasteiger partial charge in [0.05, 0.1) is 30.2 Å². The van der Waals surface area contributed by atoms with Crippen molar-refractivity contribution in [1.82, 2.24) is 10.2 Å². The van der Waals surface area contributed by atoms with Gasteiger partial charge in [0.15, 0.2) is 16.6 Å². The average Bonchev–Trinajstić information content (AvgIpc) is 3.37. The minimum Gasteiger partial charge on any atom is -0.420 e. The lowest BCUT2D eigenvalue weighted by molar-refractivity contribution is 0.154. The lowest BCUT2D eigenvalue weighted by Gasteiger charge is -2.40. The van der Waals surface area contributed by atoms with E-state index < -0.39 is 16.6 Å². The summed E-state index contributed by atoms with van der Waals surface area (Å²) < 4.78 is 19.6. The van der Waals surface area contributed by atoms with Crippen molar-refractivity contribution in [2.75, 3.05) is 0 Å². The van der Waals surface area contributed by atoms with Crippen molar-refractivity contribution in [3.63, 3.8) is 0 Å². The van der Waals surface area contributed by atoms with E-state index in [0.717, 1.165) is 22.3 Å². The third-order valence-electron chi connectivity index (χ3n) is 9.26. The van der Waals surface area contributed by atoms with Crippen molar-refractivity contribution in [3.8, 4) is 11.5 Å². The van der Waals surface area contributed by atoms with Gasteiger partial charge >= 0.3 is 0 Å². The molecule has 228 valence electrons. The van der Waals surface area contributed by atoms with Crippen LogP contribution in [0.4, 0.5) is 5.69 Å². The Morgan fingerprint density at radius 3 is 2.07 bits per heavy atom. The highest BCUT2D eigenvalue weighted by Gasteiger charge is 2.41. The summed E-state index contributed by atoms with van der Waals surface area (Å²) >= 11 is 6.54. The minimum absolute atomic E-state index is 0.0539. The van der Waals surface area contributed by atoms with Gasteiger partial charge in [-0.05, 0) is 85.4 Å². The first kappa shape index (κ1) is 34.2. The Labute approximate surface area is 260 Å². The second kappa shape index (κ2) is 12.8. The predicted octanol–water partition coefficient (Wildman–Crippen LogP) is 10.5. The van der Waals surface area contributed by atoms with Gasteiger partial charge in [-0.3, -0.25) is 0 Å². The van der Waals surface area contributed by atoms with E-state index in [4.69, 9.17) is 31.4 Å². The van der Waals surface area contributed by atoms with E-state index in [2.05, 4.69) is 102 Å². The minimum atomic E-state index is -2.08. The molecule has 2 aromatic carbocycles. The van der Waals surface area contributed by atoms with Gasteiger partial charge < -0.3 is 13.3 Å². The molecular formula is C33H48ClN3O3Si2. The Hall–Kier alpha value is -2.29. The van der Waals surface area contributed by atoms with Gasteiger partial charge in [0, 0.05) is 5.56 Å². The first-order valence-corrected chi connectivity index (χ1v) is 20.9. The molecular weight excluding hydrogens is 578 g/mol. The zero-order valence-electron chi connectivity index (χ0n) is 27.5. The van der Waals surface area contributed by atoms with E-state index in [0.29, 0.717) is 35.5 Å². The molecule has 0 N–H and O–H groups in total. The van der Waals surface area contributed by atoms with Gasteiger partial charge in [0.25, 0.3) is 0 Å². The van der Waals surface area contributed by atoms with Crippen LogP contribution in [0.3, 0.4) is 0 Å². The predicted molar refractivity (Wildman–Crippen MR) is 178 cm³/mol. The highest BCUT2D eigenvalue weighted by molar-refractivity contribution is 6.74. The maximum atomic E-state index is 7.41. The van der Waals surface area contributed by atoms with Crippen LogP contribution in [0.2, 0.25) is 41.3 Å². The fourth-order valence-corrected chi connectivity index (χ4v) is 6.79. The van der Waals surface area contributed by atoms with Crippen LogP contribution in [-0.2, 0) is 21.9 Å². The molecule has 0 saturated heterocycles. The second-order valence-corrected chi connectivity index (χ2v) is 24.3. The average molecular weight is 626 g/mol. The Balaban J connectivity index is 1.90. The van der Waals surface area contributed by atoms with Crippen LogP contribution in [0.1, 0.15) is 77.0 Å². The SMILES string of the molecule is [C-]#[N+]c1ccc(C[C@@H](c2nnc(-c3ccc(CO[Si](C)(C)C(C)(C)C)cc3)o2)[C@H](C)O[Si](C)(C)C(C)(C)C)c(C)c1Cl. The molecule has 0 unspecified atom stereocenters. The standard InChI is InChI=1S/C33H48ClN3O3Si2/c1-22-26(18-19-28(35-9)29(22)34)20-27(23(2)40-42(12,13)33(6,7)8)31-37-36-30(39-31)25-16-14-24(15-17-25)21-38-41(10,11)32(3,4)5/h14-19,23,27H,20-21H2,1-8,10-13H3/t23-,27+/m0/s1. The molecule has 2 atom stereocenters. The normalized spacial score (nSPS) is 14.5.